The standard InChI is InChI=1S/C17H21NO2S/c1-12(19)10-13-6-4-5-9-18(13)17(20)15-11-21-16-8-3-2-7-14(15)16/h2-3,7-8,13,15H,4-6,9-11H2,1H3. The number of rotatable bonds is 3. The monoisotopic (exact) mass is 303 g/mol. The molecule has 0 aliphatic carbocycles. The maximum atomic E-state index is 13.0. The zero-order chi connectivity index (χ0) is 14.8. The van der Waals surface area contributed by atoms with E-state index < -0.39 is 0 Å². The lowest BCUT2D eigenvalue weighted by atomic mass is 9.93. The number of fused-ring (bicyclic) bond motifs is 1. The normalized spacial score (nSPS) is 24.7. The highest BCUT2D eigenvalue weighted by Gasteiger charge is 2.36. The molecule has 1 amide bonds. The SMILES string of the molecule is CC(=O)CC1CCCCN1C(=O)C1CSc2ccccc21. The Balaban J connectivity index is 1.79. The van der Waals surface area contributed by atoms with Crippen molar-refractivity contribution in [2.24, 2.45) is 0 Å². The molecule has 0 bridgehead atoms. The molecule has 21 heavy (non-hydrogen) atoms. The summed E-state index contributed by atoms with van der Waals surface area (Å²) >= 11 is 1.77. The topological polar surface area (TPSA) is 37.4 Å². The molecule has 1 fully saturated rings. The van der Waals surface area contributed by atoms with E-state index in [9.17, 15) is 9.59 Å². The van der Waals surface area contributed by atoms with Crippen molar-refractivity contribution in [3.05, 3.63) is 29.8 Å². The number of ketones is 1. The minimum atomic E-state index is -0.0289. The second-order valence-electron chi connectivity index (χ2n) is 5.99. The molecular formula is C17H21NO2S. The smallest absolute Gasteiger partial charge is 0.231 e. The van der Waals surface area contributed by atoms with E-state index in [0.717, 1.165) is 31.6 Å². The first kappa shape index (κ1) is 14.6. The molecular weight excluding hydrogens is 282 g/mol. The van der Waals surface area contributed by atoms with Crippen LogP contribution in [0.4, 0.5) is 0 Å². The number of piperidine rings is 1. The van der Waals surface area contributed by atoms with Crippen molar-refractivity contribution < 1.29 is 9.59 Å². The Morgan fingerprint density at radius 3 is 2.90 bits per heavy atom. The molecule has 3 nitrogen and oxygen atoms in total. The van der Waals surface area contributed by atoms with Crippen LogP contribution in [0.15, 0.2) is 29.2 Å². The molecule has 3 rings (SSSR count). The van der Waals surface area contributed by atoms with Crippen molar-refractivity contribution in [2.45, 2.75) is 49.5 Å². The second-order valence-corrected chi connectivity index (χ2v) is 7.05. The van der Waals surface area contributed by atoms with Gasteiger partial charge in [0.15, 0.2) is 0 Å². The molecule has 1 saturated heterocycles. The zero-order valence-electron chi connectivity index (χ0n) is 12.4. The Morgan fingerprint density at radius 1 is 1.29 bits per heavy atom. The molecule has 1 aromatic rings. The van der Waals surface area contributed by atoms with Gasteiger partial charge in [0.2, 0.25) is 5.91 Å². The van der Waals surface area contributed by atoms with Crippen molar-refractivity contribution >= 4 is 23.5 Å². The molecule has 0 saturated carbocycles. The van der Waals surface area contributed by atoms with E-state index in [4.69, 9.17) is 0 Å². The molecule has 0 aromatic heterocycles. The molecule has 1 aromatic carbocycles. The van der Waals surface area contributed by atoms with Gasteiger partial charge in [0.05, 0.1) is 5.92 Å². The molecule has 2 aliphatic heterocycles. The average Bonchev–Trinajstić information content (AvgIpc) is 2.90. The van der Waals surface area contributed by atoms with Gasteiger partial charge in [-0.3, -0.25) is 9.59 Å². The minimum absolute atomic E-state index is 0.0289. The highest BCUT2D eigenvalue weighted by molar-refractivity contribution is 7.99. The van der Waals surface area contributed by atoms with Crippen molar-refractivity contribution in [1.29, 1.82) is 0 Å². The molecule has 0 spiro atoms. The largest absolute Gasteiger partial charge is 0.339 e. The summed E-state index contributed by atoms with van der Waals surface area (Å²) in [4.78, 5) is 27.6. The number of nitrogens with zero attached hydrogens (tertiary/aromatic N) is 1. The lowest BCUT2D eigenvalue weighted by Gasteiger charge is -2.37. The van der Waals surface area contributed by atoms with Crippen LogP contribution in [-0.2, 0) is 9.59 Å². The first-order valence-electron chi connectivity index (χ1n) is 7.68. The van der Waals surface area contributed by atoms with Gasteiger partial charge in [-0.2, -0.15) is 0 Å². The van der Waals surface area contributed by atoms with Gasteiger partial charge in [-0.05, 0) is 37.8 Å². The molecule has 112 valence electrons. The van der Waals surface area contributed by atoms with E-state index in [1.165, 1.54) is 10.5 Å². The summed E-state index contributed by atoms with van der Waals surface area (Å²) in [6.07, 6.45) is 3.65. The maximum Gasteiger partial charge on any atom is 0.231 e. The highest BCUT2D eigenvalue weighted by Crippen LogP contribution is 2.41. The van der Waals surface area contributed by atoms with Crippen molar-refractivity contribution in [1.82, 2.24) is 4.90 Å². The number of carbonyl (C=O) groups is 2. The Bertz CT molecular complexity index is 557. The lowest BCUT2D eigenvalue weighted by Crippen LogP contribution is -2.46. The summed E-state index contributed by atoms with van der Waals surface area (Å²) in [6, 6.07) is 8.31. The summed E-state index contributed by atoms with van der Waals surface area (Å²) in [6.45, 7) is 2.43. The third-order valence-corrected chi connectivity index (χ3v) is 5.61. The number of likely N-dealkylation sites (tertiary alicyclic amines) is 1. The van der Waals surface area contributed by atoms with Gasteiger partial charge < -0.3 is 4.90 Å². The molecule has 2 aliphatic rings. The quantitative estimate of drug-likeness (QED) is 0.860. The number of thioether (sulfide) groups is 1. The van der Waals surface area contributed by atoms with E-state index in [1.807, 2.05) is 17.0 Å². The number of hydrogen-bond acceptors (Lipinski definition) is 3. The summed E-state index contributed by atoms with van der Waals surface area (Å²) in [5.74, 6) is 1.21. The van der Waals surface area contributed by atoms with Gasteiger partial charge in [0.25, 0.3) is 0 Å². The Labute approximate surface area is 130 Å². The van der Waals surface area contributed by atoms with Gasteiger partial charge in [0, 0.05) is 29.7 Å². The van der Waals surface area contributed by atoms with Gasteiger partial charge in [-0.1, -0.05) is 18.2 Å². The summed E-state index contributed by atoms with van der Waals surface area (Å²) in [7, 11) is 0. The van der Waals surface area contributed by atoms with Crippen molar-refractivity contribution in [3.63, 3.8) is 0 Å². The third kappa shape index (κ3) is 3.00. The Morgan fingerprint density at radius 2 is 2.10 bits per heavy atom. The first-order chi connectivity index (χ1) is 10.2. The zero-order valence-corrected chi connectivity index (χ0v) is 13.2. The summed E-state index contributed by atoms with van der Waals surface area (Å²) in [5, 5.41) is 0. The number of Topliss-reactive ketones (excluding diaryl/α,β-unsaturated/α-hetero) is 1. The van der Waals surface area contributed by atoms with E-state index in [0.29, 0.717) is 6.42 Å². The number of carbonyl (C=O) groups excluding carboxylic acids is 2. The first-order valence-corrected chi connectivity index (χ1v) is 8.67. The van der Waals surface area contributed by atoms with Gasteiger partial charge in [0.1, 0.15) is 5.78 Å². The Hall–Kier alpha value is -1.29. The van der Waals surface area contributed by atoms with Gasteiger partial charge in [-0.25, -0.2) is 0 Å². The van der Waals surface area contributed by atoms with E-state index in [-0.39, 0.29) is 23.7 Å². The van der Waals surface area contributed by atoms with Crippen LogP contribution in [0.5, 0.6) is 0 Å². The van der Waals surface area contributed by atoms with Crippen LogP contribution in [-0.4, -0.2) is 34.9 Å². The van der Waals surface area contributed by atoms with Gasteiger partial charge >= 0.3 is 0 Å². The maximum absolute atomic E-state index is 13.0. The predicted octanol–water partition coefficient (Wildman–Crippen LogP) is 3.24. The van der Waals surface area contributed by atoms with E-state index in [1.54, 1.807) is 18.7 Å². The molecule has 2 unspecified atom stereocenters. The molecule has 0 N–H and O–H groups in total. The molecule has 0 radical (unpaired) electrons. The summed E-state index contributed by atoms with van der Waals surface area (Å²) < 4.78 is 0. The highest BCUT2D eigenvalue weighted by atomic mass is 32.2. The fraction of sp³-hybridized carbons (Fsp3) is 0.529. The summed E-state index contributed by atoms with van der Waals surface area (Å²) in [5.41, 5.74) is 1.17. The Kier molecular flexibility index (Phi) is 4.34. The number of amides is 1. The minimum Gasteiger partial charge on any atom is -0.339 e. The van der Waals surface area contributed by atoms with Crippen LogP contribution in [0.1, 0.15) is 44.1 Å². The van der Waals surface area contributed by atoms with Crippen molar-refractivity contribution in [2.75, 3.05) is 12.3 Å². The fourth-order valence-corrected chi connectivity index (χ4v) is 4.62. The lowest BCUT2D eigenvalue weighted by molar-refractivity contribution is -0.136. The predicted molar refractivity (Wildman–Crippen MR) is 84.6 cm³/mol. The van der Waals surface area contributed by atoms with Crippen LogP contribution in [0.2, 0.25) is 0 Å². The van der Waals surface area contributed by atoms with Gasteiger partial charge in [-0.15, -0.1) is 11.8 Å². The van der Waals surface area contributed by atoms with Crippen LogP contribution in [0, 0.1) is 0 Å². The number of hydrogen-bond donors (Lipinski definition) is 0. The molecule has 4 heteroatoms. The third-order valence-electron chi connectivity index (χ3n) is 4.43. The van der Waals surface area contributed by atoms with Crippen LogP contribution in [0.25, 0.3) is 0 Å². The average molecular weight is 303 g/mol. The fourth-order valence-electron chi connectivity index (χ4n) is 3.40. The van der Waals surface area contributed by atoms with Crippen molar-refractivity contribution in [3.8, 4) is 0 Å². The molecule has 2 atom stereocenters. The van der Waals surface area contributed by atoms with E-state index in [2.05, 4.69) is 12.1 Å². The van der Waals surface area contributed by atoms with Crippen LogP contribution >= 0.6 is 11.8 Å². The molecule has 2 heterocycles. The second kappa shape index (κ2) is 6.22. The van der Waals surface area contributed by atoms with E-state index >= 15 is 0 Å². The van der Waals surface area contributed by atoms with Crippen LogP contribution < -0.4 is 0 Å². The number of benzene rings is 1. The van der Waals surface area contributed by atoms with Crippen LogP contribution in [0.3, 0.4) is 0 Å².